The molecule has 1 unspecified atom stereocenters. The summed E-state index contributed by atoms with van der Waals surface area (Å²) in [6.07, 6.45) is 4.90. The second kappa shape index (κ2) is 5.60. The maximum atomic E-state index is 12.3. The zero-order chi connectivity index (χ0) is 15.0. The van der Waals surface area contributed by atoms with E-state index < -0.39 is 5.97 Å². The van der Waals surface area contributed by atoms with Gasteiger partial charge in [0, 0.05) is 17.7 Å². The highest BCUT2D eigenvalue weighted by atomic mass is 32.1. The van der Waals surface area contributed by atoms with Crippen LogP contribution in [-0.4, -0.2) is 21.0 Å². The van der Waals surface area contributed by atoms with Gasteiger partial charge in [-0.25, -0.2) is 4.98 Å². The number of aliphatic carboxylic acids is 1. The number of rotatable bonds is 4. The van der Waals surface area contributed by atoms with E-state index >= 15 is 0 Å². The van der Waals surface area contributed by atoms with Crippen LogP contribution in [-0.2, 0) is 24.1 Å². The first kappa shape index (κ1) is 14.3. The molecule has 2 aromatic heterocycles. The molecule has 1 atom stereocenters. The van der Waals surface area contributed by atoms with Crippen molar-refractivity contribution >= 4 is 27.5 Å². The van der Waals surface area contributed by atoms with Crippen LogP contribution in [0, 0.1) is 5.92 Å². The number of carbonyl (C=O) groups is 1. The Labute approximate surface area is 126 Å². The summed E-state index contributed by atoms with van der Waals surface area (Å²) in [7, 11) is 0. The molecule has 3 rings (SSSR count). The van der Waals surface area contributed by atoms with Gasteiger partial charge in [-0.1, -0.05) is 6.92 Å². The molecule has 0 radical (unpaired) electrons. The summed E-state index contributed by atoms with van der Waals surface area (Å²) in [4.78, 5) is 32.6. The molecule has 0 fully saturated rings. The molecule has 2 aromatic rings. The third-order valence-corrected chi connectivity index (χ3v) is 5.12. The summed E-state index contributed by atoms with van der Waals surface area (Å²) < 4.78 is 0. The van der Waals surface area contributed by atoms with Gasteiger partial charge in [0.2, 0.25) is 0 Å². The van der Waals surface area contributed by atoms with E-state index in [2.05, 4.69) is 9.97 Å². The van der Waals surface area contributed by atoms with Crippen LogP contribution in [0.5, 0.6) is 0 Å². The highest BCUT2D eigenvalue weighted by Gasteiger charge is 2.20. The number of aromatic amines is 1. The first-order chi connectivity index (χ1) is 10.0. The fourth-order valence-corrected chi connectivity index (χ4v) is 4.29. The molecule has 0 saturated heterocycles. The quantitative estimate of drug-likeness (QED) is 0.909. The van der Waals surface area contributed by atoms with Crippen LogP contribution in [0.25, 0.3) is 10.2 Å². The minimum absolute atomic E-state index is 0.0438. The Morgan fingerprint density at radius 2 is 2.19 bits per heavy atom. The molecule has 0 saturated carbocycles. The largest absolute Gasteiger partial charge is 0.481 e. The second-order valence-corrected chi connectivity index (χ2v) is 6.89. The normalized spacial score (nSPS) is 15.9. The lowest BCUT2D eigenvalue weighted by Crippen LogP contribution is -2.16. The van der Waals surface area contributed by atoms with Crippen molar-refractivity contribution in [3.05, 3.63) is 26.6 Å². The molecule has 0 aliphatic heterocycles. The third-order valence-electron chi connectivity index (χ3n) is 3.94. The lowest BCUT2D eigenvalue weighted by molar-refractivity contribution is -0.137. The molecule has 5 nitrogen and oxygen atoms in total. The highest BCUT2D eigenvalue weighted by molar-refractivity contribution is 7.18. The second-order valence-electron chi connectivity index (χ2n) is 5.81. The molecule has 0 aromatic carbocycles. The summed E-state index contributed by atoms with van der Waals surface area (Å²) in [6, 6.07) is 0. The molecule has 1 aliphatic rings. The lowest BCUT2D eigenvalue weighted by atomic mass is 9.97. The number of H-pyrrole nitrogens is 1. The molecule has 0 bridgehead atoms. The van der Waals surface area contributed by atoms with Crippen molar-refractivity contribution in [1.82, 2.24) is 9.97 Å². The van der Waals surface area contributed by atoms with Crippen LogP contribution >= 0.6 is 11.3 Å². The van der Waals surface area contributed by atoms with Crippen LogP contribution in [0.15, 0.2) is 4.79 Å². The fraction of sp³-hybridized carbons (Fsp3) is 0.533. The molecular weight excluding hydrogens is 288 g/mol. The van der Waals surface area contributed by atoms with Crippen molar-refractivity contribution in [2.75, 3.05) is 0 Å². The van der Waals surface area contributed by atoms with E-state index in [-0.39, 0.29) is 17.9 Å². The molecule has 1 aliphatic carbocycles. The summed E-state index contributed by atoms with van der Waals surface area (Å²) in [6.45, 7) is 1.86. The molecule has 2 heterocycles. The summed E-state index contributed by atoms with van der Waals surface area (Å²) >= 11 is 1.62. The summed E-state index contributed by atoms with van der Waals surface area (Å²) in [5.41, 5.74) is 1.11. The van der Waals surface area contributed by atoms with Gasteiger partial charge in [-0.2, -0.15) is 0 Å². The Morgan fingerprint density at radius 3 is 2.95 bits per heavy atom. The lowest BCUT2D eigenvalue weighted by Gasteiger charge is -2.10. The van der Waals surface area contributed by atoms with Gasteiger partial charge in [0.25, 0.3) is 5.56 Å². The zero-order valence-corrected chi connectivity index (χ0v) is 12.8. The van der Waals surface area contributed by atoms with Gasteiger partial charge in [0.05, 0.1) is 5.39 Å². The SMILES string of the molecule is CC(CC(=O)O)Cc1nc2sc3c(c2c(=O)[nH]1)CCCC3. The number of nitrogens with zero attached hydrogens (tertiary/aromatic N) is 1. The number of nitrogens with one attached hydrogen (secondary N) is 1. The van der Waals surface area contributed by atoms with Crippen molar-refractivity contribution in [1.29, 1.82) is 0 Å². The van der Waals surface area contributed by atoms with Gasteiger partial charge in [-0.15, -0.1) is 11.3 Å². The monoisotopic (exact) mass is 306 g/mol. The maximum absolute atomic E-state index is 12.3. The molecule has 0 amide bonds. The van der Waals surface area contributed by atoms with Crippen molar-refractivity contribution in [2.24, 2.45) is 5.92 Å². The molecular formula is C15H18N2O3S. The van der Waals surface area contributed by atoms with E-state index in [0.717, 1.165) is 29.5 Å². The minimum Gasteiger partial charge on any atom is -0.481 e. The molecule has 6 heteroatoms. The highest BCUT2D eigenvalue weighted by Crippen LogP contribution is 2.33. The minimum atomic E-state index is -0.822. The number of hydrogen-bond acceptors (Lipinski definition) is 4. The number of hydrogen-bond donors (Lipinski definition) is 2. The zero-order valence-electron chi connectivity index (χ0n) is 11.9. The molecule has 2 N–H and O–H groups in total. The Kier molecular flexibility index (Phi) is 3.80. The number of fused-ring (bicyclic) bond motifs is 3. The Hall–Kier alpha value is -1.69. The summed E-state index contributed by atoms with van der Waals surface area (Å²) in [5.74, 6) is -0.268. The van der Waals surface area contributed by atoms with Crippen molar-refractivity contribution in [3.63, 3.8) is 0 Å². The average Bonchev–Trinajstić information content (AvgIpc) is 2.75. The van der Waals surface area contributed by atoms with E-state index in [4.69, 9.17) is 5.11 Å². The topological polar surface area (TPSA) is 83.0 Å². The first-order valence-corrected chi connectivity index (χ1v) is 8.11. The van der Waals surface area contributed by atoms with Gasteiger partial charge in [0.1, 0.15) is 10.7 Å². The van der Waals surface area contributed by atoms with Crippen molar-refractivity contribution < 1.29 is 9.90 Å². The molecule has 112 valence electrons. The standard InChI is InChI=1S/C15H18N2O3S/c1-8(7-12(18)19)6-11-16-14(20)13-9-4-2-3-5-10(9)21-15(13)17-11/h8H,2-7H2,1H3,(H,18,19)(H,16,17,20). The van der Waals surface area contributed by atoms with Crippen LogP contribution in [0.3, 0.4) is 0 Å². The van der Waals surface area contributed by atoms with E-state index in [0.29, 0.717) is 12.2 Å². The number of carboxylic acids is 1. The van der Waals surface area contributed by atoms with E-state index in [9.17, 15) is 9.59 Å². The van der Waals surface area contributed by atoms with Gasteiger partial charge in [-0.05, 0) is 37.2 Å². The molecule has 0 spiro atoms. The number of thiophene rings is 1. The first-order valence-electron chi connectivity index (χ1n) is 7.30. The summed E-state index contributed by atoms with van der Waals surface area (Å²) in [5, 5.41) is 9.56. The van der Waals surface area contributed by atoms with Crippen LogP contribution in [0.2, 0.25) is 0 Å². The van der Waals surface area contributed by atoms with Crippen LogP contribution in [0.1, 0.15) is 42.5 Å². The third kappa shape index (κ3) is 2.85. The number of aryl methyl sites for hydroxylation is 2. The van der Waals surface area contributed by atoms with Gasteiger partial charge in [-0.3, -0.25) is 9.59 Å². The average molecular weight is 306 g/mol. The maximum Gasteiger partial charge on any atom is 0.303 e. The predicted molar refractivity (Wildman–Crippen MR) is 82.0 cm³/mol. The Balaban J connectivity index is 1.96. The van der Waals surface area contributed by atoms with Gasteiger partial charge >= 0.3 is 5.97 Å². The van der Waals surface area contributed by atoms with Crippen LogP contribution < -0.4 is 5.56 Å². The Morgan fingerprint density at radius 1 is 1.43 bits per heavy atom. The van der Waals surface area contributed by atoms with Gasteiger partial charge in [0.15, 0.2) is 0 Å². The van der Waals surface area contributed by atoms with Crippen molar-refractivity contribution in [2.45, 2.75) is 45.4 Å². The molecule has 21 heavy (non-hydrogen) atoms. The number of carboxylic acid groups (broad SMARTS) is 1. The van der Waals surface area contributed by atoms with Crippen LogP contribution in [0.4, 0.5) is 0 Å². The van der Waals surface area contributed by atoms with Crippen molar-refractivity contribution in [3.8, 4) is 0 Å². The predicted octanol–water partition coefficient (Wildman–Crippen LogP) is 2.52. The van der Waals surface area contributed by atoms with E-state index in [1.165, 1.54) is 16.9 Å². The number of aromatic nitrogens is 2. The van der Waals surface area contributed by atoms with E-state index in [1.807, 2.05) is 6.92 Å². The van der Waals surface area contributed by atoms with Gasteiger partial charge < -0.3 is 10.1 Å². The Bertz CT molecular complexity index is 747. The van der Waals surface area contributed by atoms with E-state index in [1.54, 1.807) is 11.3 Å². The smallest absolute Gasteiger partial charge is 0.303 e. The fourth-order valence-electron chi connectivity index (χ4n) is 3.01.